The quantitative estimate of drug-likeness (QED) is 0.575. The number of anilines is 1. The molecule has 6 nitrogen and oxygen atoms in total. The molecule has 2 aromatic rings. The number of hydrogen-bond donors (Lipinski definition) is 0. The molecule has 0 radical (unpaired) electrons. The Bertz CT molecular complexity index is 994. The van der Waals surface area contributed by atoms with Crippen molar-refractivity contribution in [1.29, 1.82) is 0 Å². The van der Waals surface area contributed by atoms with E-state index in [4.69, 9.17) is 0 Å². The van der Waals surface area contributed by atoms with Gasteiger partial charge in [-0.1, -0.05) is 12.1 Å². The van der Waals surface area contributed by atoms with Crippen molar-refractivity contribution in [3.8, 4) is 0 Å². The standard InChI is InChI=1S/C23H28F2N6S/c1-16-5-4-6-20(11-16)31(32-30-10-9-29(3)17(2)14-30)15-19-8-7-18(13-26-19)21-12-22(23(24)25)28-27-21/h4-8,11,13,17,23H,9-10,12,14-15H2,1-3H3. The molecule has 1 fully saturated rings. The minimum Gasteiger partial charge on any atom is -0.301 e. The zero-order valence-electron chi connectivity index (χ0n) is 18.6. The number of piperazine rings is 1. The Hall–Kier alpha value is -2.36. The number of aryl methyl sites for hydroxylation is 1. The number of pyridine rings is 1. The largest absolute Gasteiger partial charge is 0.301 e. The summed E-state index contributed by atoms with van der Waals surface area (Å²) in [5, 5.41) is 7.50. The summed E-state index contributed by atoms with van der Waals surface area (Å²) in [7, 11) is 2.17. The molecule has 170 valence electrons. The molecule has 1 aromatic carbocycles. The Labute approximate surface area is 192 Å². The summed E-state index contributed by atoms with van der Waals surface area (Å²) >= 11 is 1.74. The van der Waals surface area contributed by atoms with Crippen molar-refractivity contribution in [3.63, 3.8) is 0 Å². The van der Waals surface area contributed by atoms with Gasteiger partial charge in [-0.2, -0.15) is 10.2 Å². The summed E-state index contributed by atoms with van der Waals surface area (Å²) in [6.45, 7) is 7.98. The monoisotopic (exact) mass is 458 g/mol. The number of nitrogens with zero attached hydrogens (tertiary/aromatic N) is 6. The van der Waals surface area contributed by atoms with E-state index in [0.29, 0.717) is 18.3 Å². The second kappa shape index (κ2) is 10.1. The topological polar surface area (TPSA) is 47.3 Å². The Balaban J connectivity index is 1.47. The summed E-state index contributed by atoms with van der Waals surface area (Å²) in [5.41, 5.74) is 4.32. The van der Waals surface area contributed by atoms with E-state index in [1.54, 1.807) is 18.3 Å². The third kappa shape index (κ3) is 5.51. The van der Waals surface area contributed by atoms with E-state index in [2.05, 4.69) is 73.9 Å². The van der Waals surface area contributed by atoms with E-state index < -0.39 is 6.43 Å². The van der Waals surface area contributed by atoms with Crippen LogP contribution in [0.4, 0.5) is 14.5 Å². The maximum atomic E-state index is 12.8. The van der Waals surface area contributed by atoms with Gasteiger partial charge in [-0.15, -0.1) is 0 Å². The SMILES string of the molecule is Cc1cccc(N(Cc2ccc(C3=NN=C(C(F)F)C3)cn2)SN2CCN(C)C(C)C2)c1. The second-order valence-electron chi connectivity index (χ2n) is 8.33. The molecule has 9 heteroatoms. The van der Waals surface area contributed by atoms with Gasteiger partial charge in [0.05, 0.1) is 18.0 Å². The van der Waals surface area contributed by atoms with Crippen molar-refractivity contribution in [2.75, 3.05) is 31.0 Å². The predicted molar refractivity (Wildman–Crippen MR) is 127 cm³/mol. The van der Waals surface area contributed by atoms with Gasteiger partial charge in [0, 0.05) is 61.7 Å². The smallest absolute Gasteiger partial charge is 0.278 e. The Kier molecular flexibility index (Phi) is 7.17. The van der Waals surface area contributed by atoms with Crippen LogP contribution in [0.5, 0.6) is 0 Å². The van der Waals surface area contributed by atoms with E-state index in [1.165, 1.54) is 5.56 Å². The molecule has 0 N–H and O–H groups in total. The van der Waals surface area contributed by atoms with Crippen molar-refractivity contribution in [2.45, 2.75) is 39.3 Å². The molecule has 1 atom stereocenters. The zero-order valence-corrected chi connectivity index (χ0v) is 19.4. The van der Waals surface area contributed by atoms with Crippen LogP contribution >= 0.6 is 12.1 Å². The molecule has 0 aliphatic carbocycles. The summed E-state index contributed by atoms with van der Waals surface area (Å²) in [4.78, 5) is 6.98. The third-order valence-corrected chi connectivity index (χ3v) is 6.89. The first-order chi connectivity index (χ1) is 15.4. The van der Waals surface area contributed by atoms with Crippen molar-refractivity contribution >= 4 is 29.2 Å². The lowest BCUT2D eigenvalue weighted by Crippen LogP contribution is -2.48. The molecule has 0 saturated carbocycles. The van der Waals surface area contributed by atoms with Crippen LogP contribution < -0.4 is 4.31 Å². The summed E-state index contributed by atoms with van der Waals surface area (Å²) in [6.07, 6.45) is -0.790. The average molecular weight is 459 g/mol. The highest BCUT2D eigenvalue weighted by Crippen LogP contribution is 2.29. The fourth-order valence-electron chi connectivity index (χ4n) is 3.66. The maximum Gasteiger partial charge on any atom is 0.278 e. The molecule has 2 aliphatic rings. The van der Waals surface area contributed by atoms with Crippen molar-refractivity contribution in [3.05, 3.63) is 59.4 Å². The molecule has 2 aliphatic heterocycles. The van der Waals surface area contributed by atoms with Gasteiger partial charge in [0.1, 0.15) is 5.71 Å². The number of aromatic nitrogens is 1. The highest BCUT2D eigenvalue weighted by molar-refractivity contribution is 7.98. The summed E-state index contributed by atoms with van der Waals surface area (Å²) < 4.78 is 30.3. The van der Waals surface area contributed by atoms with Gasteiger partial charge in [0.15, 0.2) is 0 Å². The molecule has 32 heavy (non-hydrogen) atoms. The molecule has 1 unspecified atom stereocenters. The van der Waals surface area contributed by atoms with Gasteiger partial charge in [0.2, 0.25) is 0 Å². The second-order valence-corrected chi connectivity index (χ2v) is 9.45. The molecule has 1 aromatic heterocycles. The molecule has 0 amide bonds. The Morgan fingerprint density at radius 2 is 2.03 bits per heavy atom. The molecular weight excluding hydrogens is 430 g/mol. The third-order valence-electron chi connectivity index (χ3n) is 5.79. The van der Waals surface area contributed by atoms with Crippen molar-refractivity contribution in [1.82, 2.24) is 14.2 Å². The summed E-state index contributed by atoms with van der Waals surface area (Å²) in [6, 6.07) is 12.8. The van der Waals surface area contributed by atoms with E-state index in [1.807, 2.05) is 12.1 Å². The van der Waals surface area contributed by atoms with E-state index in [0.717, 1.165) is 36.6 Å². The first-order valence-corrected chi connectivity index (χ1v) is 11.5. The van der Waals surface area contributed by atoms with E-state index in [-0.39, 0.29) is 12.1 Å². The minimum atomic E-state index is -2.57. The van der Waals surface area contributed by atoms with Crippen molar-refractivity contribution < 1.29 is 8.78 Å². The fraction of sp³-hybridized carbons (Fsp3) is 0.435. The lowest BCUT2D eigenvalue weighted by atomic mass is 10.1. The van der Waals surface area contributed by atoms with Crippen LogP contribution in [0.3, 0.4) is 0 Å². The van der Waals surface area contributed by atoms with Gasteiger partial charge in [-0.3, -0.25) is 9.29 Å². The highest BCUT2D eigenvalue weighted by atomic mass is 32.2. The molecule has 3 heterocycles. The number of alkyl halides is 2. The van der Waals surface area contributed by atoms with Crippen LogP contribution in [0.2, 0.25) is 0 Å². The number of hydrogen-bond acceptors (Lipinski definition) is 7. The Morgan fingerprint density at radius 1 is 1.19 bits per heavy atom. The molecule has 4 rings (SSSR count). The Morgan fingerprint density at radius 3 is 2.69 bits per heavy atom. The number of benzene rings is 1. The van der Waals surface area contributed by atoms with Gasteiger partial charge in [0.25, 0.3) is 6.43 Å². The van der Waals surface area contributed by atoms with Crippen molar-refractivity contribution in [2.24, 2.45) is 10.2 Å². The van der Waals surface area contributed by atoms with Crippen LogP contribution in [-0.4, -0.2) is 64.8 Å². The van der Waals surface area contributed by atoms with Gasteiger partial charge >= 0.3 is 0 Å². The van der Waals surface area contributed by atoms with Crippen LogP contribution in [0.15, 0.2) is 52.8 Å². The molecule has 0 bridgehead atoms. The van der Waals surface area contributed by atoms with Crippen LogP contribution in [-0.2, 0) is 6.54 Å². The zero-order chi connectivity index (χ0) is 22.7. The number of halogens is 2. The van der Waals surface area contributed by atoms with Crippen LogP contribution in [0.1, 0.15) is 30.2 Å². The minimum absolute atomic E-state index is 0.0750. The van der Waals surface area contributed by atoms with Gasteiger partial charge in [-0.05, 0) is 50.7 Å². The van der Waals surface area contributed by atoms with E-state index >= 15 is 0 Å². The molecule has 0 spiro atoms. The van der Waals surface area contributed by atoms with Gasteiger partial charge in [-0.25, -0.2) is 13.1 Å². The number of likely N-dealkylation sites (N-methyl/N-ethyl adjacent to an activating group) is 1. The van der Waals surface area contributed by atoms with Crippen LogP contribution in [0.25, 0.3) is 0 Å². The normalized spacial score (nSPS) is 19.9. The van der Waals surface area contributed by atoms with Crippen LogP contribution in [0, 0.1) is 6.92 Å². The molecule has 1 saturated heterocycles. The summed E-state index contributed by atoms with van der Waals surface area (Å²) in [5.74, 6) is 0. The maximum absolute atomic E-state index is 12.8. The average Bonchev–Trinajstić information content (AvgIpc) is 3.27. The lowest BCUT2D eigenvalue weighted by Gasteiger charge is -2.39. The predicted octanol–water partition coefficient (Wildman–Crippen LogP) is 4.41. The fourth-order valence-corrected chi connectivity index (χ4v) is 4.78. The molecular formula is C23H28F2N6S. The highest BCUT2D eigenvalue weighted by Gasteiger charge is 2.25. The number of rotatable bonds is 7. The van der Waals surface area contributed by atoms with E-state index in [9.17, 15) is 8.78 Å². The first kappa shape index (κ1) is 22.8. The first-order valence-electron chi connectivity index (χ1n) is 10.7. The lowest BCUT2D eigenvalue weighted by molar-refractivity contribution is 0.167. The van der Waals surface area contributed by atoms with Gasteiger partial charge < -0.3 is 4.90 Å².